The molecule has 2 aromatic rings. The Labute approximate surface area is 122 Å². The Bertz CT molecular complexity index is 673. The van der Waals surface area contributed by atoms with Gasteiger partial charge in [-0.05, 0) is 24.3 Å². The van der Waals surface area contributed by atoms with Crippen LogP contribution in [0.1, 0.15) is 34.7 Å². The van der Waals surface area contributed by atoms with Gasteiger partial charge in [-0.3, -0.25) is 9.59 Å². The van der Waals surface area contributed by atoms with Crippen LogP contribution in [0.15, 0.2) is 41.5 Å². The summed E-state index contributed by atoms with van der Waals surface area (Å²) in [6.07, 6.45) is 3.94. The van der Waals surface area contributed by atoms with E-state index in [0.717, 1.165) is 25.9 Å². The monoisotopic (exact) mass is 283 g/mol. The number of hydrogen-bond donors (Lipinski definition) is 1. The van der Waals surface area contributed by atoms with Crippen LogP contribution >= 0.6 is 0 Å². The number of anilines is 1. The number of carbonyl (C=O) groups is 1. The van der Waals surface area contributed by atoms with E-state index in [1.807, 2.05) is 11.0 Å². The van der Waals surface area contributed by atoms with Crippen LogP contribution in [0.3, 0.4) is 0 Å². The highest BCUT2D eigenvalue weighted by molar-refractivity contribution is 5.82. The van der Waals surface area contributed by atoms with Gasteiger partial charge in [-0.2, -0.15) is 0 Å². The lowest BCUT2D eigenvalue weighted by Crippen LogP contribution is -2.35. The number of rotatable bonds is 3. The Hall–Kier alpha value is -2.43. The highest BCUT2D eigenvalue weighted by Gasteiger charge is 2.23. The Morgan fingerprint density at radius 2 is 1.90 bits per heavy atom. The maximum absolute atomic E-state index is 11.6. The van der Waals surface area contributed by atoms with Crippen LogP contribution in [-0.4, -0.2) is 29.3 Å². The van der Waals surface area contributed by atoms with Crippen LogP contribution in [-0.2, 0) is 0 Å². The normalized spacial score (nSPS) is 15.9. The number of hydrogen-bond acceptors (Lipinski definition) is 4. The van der Waals surface area contributed by atoms with Gasteiger partial charge in [0.05, 0.1) is 6.33 Å². The quantitative estimate of drug-likeness (QED) is 0.875. The third kappa shape index (κ3) is 2.72. The second-order valence-corrected chi connectivity index (χ2v) is 5.26. The van der Waals surface area contributed by atoms with Gasteiger partial charge in [0, 0.05) is 13.1 Å². The zero-order valence-electron chi connectivity index (χ0n) is 11.7. The maximum Gasteiger partial charge on any atom is 0.263 e. The molecule has 108 valence electrons. The summed E-state index contributed by atoms with van der Waals surface area (Å²) in [4.78, 5) is 31.4. The van der Waals surface area contributed by atoms with Gasteiger partial charge < -0.3 is 9.88 Å². The van der Waals surface area contributed by atoms with E-state index in [-0.39, 0.29) is 11.1 Å². The molecule has 0 aliphatic carbocycles. The van der Waals surface area contributed by atoms with Crippen LogP contribution in [0.2, 0.25) is 0 Å². The first-order valence-corrected chi connectivity index (χ1v) is 7.12. The van der Waals surface area contributed by atoms with E-state index in [9.17, 15) is 9.59 Å². The van der Waals surface area contributed by atoms with Gasteiger partial charge in [0.15, 0.2) is 6.29 Å². The minimum Gasteiger partial charge on any atom is -0.356 e. The number of piperidine rings is 1. The number of aromatic amines is 1. The van der Waals surface area contributed by atoms with Crippen molar-refractivity contribution in [1.29, 1.82) is 0 Å². The van der Waals surface area contributed by atoms with Gasteiger partial charge in [0.25, 0.3) is 5.56 Å². The van der Waals surface area contributed by atoms with Crippen molar-refractivity contribution >= 4 is 12.1 Å². The fraction of sp³-hybridized carbons (Fsp3) is 0.312. The predicted molar refractivity (Wildman–Crippen MR) is 80.9 cm³/mol. The van der Waals surface area contributed by atoms with Crippen molar-refractivity contribution in [3.05, 3.63) is 58.1 Å². The standard InChI is InChI=1S/C16H17N3O2/c20-10-14-15(17-11-18-16(14)21)19-8-6-13(7-9-19)12-4-2-1-3-5-12/h1-5,10-11,13H,6-9H2,(H,17,18,21). The molecule has 1 N–H and O–H groups in total. The van der Waals surface area contributed by atoms with Crippen molar-refractivity contribution in [2.45, 2.75) is 18.8 Å². The molecule has 5 heteroatoms. The van der Waals surface area contributed by atoms with Crippen LogP contribution in [0.4, 0.5) is 5.82 Å². The SMILES string of the molecule is O=Cc1c(N2CCC(c3ccccc3)CC2)nc[nH]c1=O. The summed E-state index contributed by atoms with van der Waals surface area (Å²) < 4.78 is 0. The molecule has 1 saturated heterocycles. The van der Waals surface area contributed by atoms with Crippen LogP contribution in [0.5, 0.6) is 0 Å². The summed E-state index contributed by atoms with van der Waals surface area (Å²) in [5, 5.41) is 0. The van der Waals surface area contributed by atoms with E-state index in [4.69, 9.17) is 0 Å². The maximum atomic E-state index is 11.6. The number of nitrogens with zero attached hydrogens (tertiary/aromatic N) is 2. The van der Waals surface area contributed by atoms with Crippen molar-refractivity contribution in [3.8, 4) is 0 Å². The highest BCUT2D eigenvalue weighted by atomic mass is 16.1. The number of aldehydes is 1. The van der Waals surface area contributed by atoms with Gasteiger partial charge in [0.2, 0.25) is 0 Å². The van der Waals surface area contributed by atoms with E-state index in [0.29, 0.717) is 18.0 Å². The Kier molecular flexibility index (Phi) is 3.81. The third-order valence-corrected chi connectivity index (χ3v) is 4.05. The fourth-order valence-corrected chi connectivity index (χ4v) is 2.91. The lowest BCUT2D eigenvalue weighted by Gasteiger charge is -2.33. The number of H-pyrrole nitrogens is 1. The summed E-state index contributed by atoms with van der Waals surface area (Å²) in [6, 6.07) is 10.5. The molecule has 0 atom stereocenters. The summed E-state index contributed by atoms with van der Waals surface area (Å²) in [6.45, 7) is 1.60. The molecule has 3 rings (SSSR count). The Morgan fingerprint density at radius 1 is 1.19 bits per heavy atom. The first kappa shape index (κ1) is 13.5. The highest BCUT2D eigenvalue weighted by Crippen LogP contribution is 2.29. The van der Waals surface area contributed by atoms with E-state index in [2.05, 4.69) is 34.2 Å². The van der Waals surface area contributed by atoms with E-state index >= 15 is 0 Å². The fourth-order valence-electron chi connectivity index (χ4n) is 2.91. The summed E-state index contributed by atoms with van der Waals surface area (Å²) >= 11 is 0. The molecule has 5 nitrogen and oxygen atoms in total. The lowest BCUT2D eigenvalue weighted by molar-refractivity contribution is 0.112. The zero-order chi connectivity index (χ0) is 14.7. The molecule has 1 aromatic heterocycles. The molecule has 1 fully saturated rings. The lowest BCUT2D eigenvalue weighted by atomic mass is 9.89. The molecule has 21 heavy (non-hydrogen) atoms. The van der Waals surface area contributed by atoms with Crippen LogP contribution in [0.25, 0.3) is 0 Å². The third-order valence-electron chi connectivity index (χ3n) is 4.05. The number of aromatic nitrogens is 2. The summed E-state index contributed by atoms with van der Waals surface area (Å²) in [7, 11) is 0. The van der Waals surface area contributed by atoms with Crippen LogP contribution < -0.4 is 10.5 Å². The predicted octanol–water partition coefficient (Wildman–Crippen LogP) is 1.97. The number of benzene rings is 1. The molecule has 0 saturated carbocycles. The van der Waals surface area contributed by atoms with E-state index in [1.54, 1.807) is 0 Å². The van der Waals surface area contributed by atoms with Crippen molar-refractivity contribution in [2.24, 2.45) is 0 Å². The molecular formula is C16H17N3O2. The number of nitrogens with one attached hydrogen (secondary N) is 1. The van der Waals surface area contributed by atoms with E-state index in [1.165, 1.54) is 11.9 Å². The van der Waals surface area contributed by atoms with Crippen molar-refractivity contribution in [1.82, 2.24) is 9.97 Å². The molecule has 0 spiro atoms. The first-order chi connectivity index (χ1) is 10.3. The van der Waals surface area contributed by atoms with Gasteiger partial charge in [-0.15, -0.1) is 0 Å². The summed E-state index contributed by atoms with van der Waals surface area (Å²) in [5.74, 6) is 1.03. The molecule has 0 bridgehead atoms. The Morgan fingerprint density at radius 3 is 2.57 bits per heavy atom. The summed E-state index contributed by atoms with van der Waals surface area (Å²) in [5.41, 5.74) is 1.10. The second-order valence-electron chi connectivity index (χ2n) is 5.26. The average molecular weight is 283 g/mol. The molecular weight excluding hydrogens is 266 g/mol. The van der Waals surface area contributed by atoms with Gasteiger partial charge >= 0.3 is 0 Å². The molecule has 2 heterocycles. The van der Waals surface area contributed by atoms with Crippen molar-refractivity contribution < 1.29 is 4.79 Å². The molecule has 0 radical (unpaired) electrons. The van der Waals surface area contributed by atoms with Crippen molar-refractivity contribution in [3.63, 3.8) is 0 Å². The van der Waals surface area contributed by atoms with Crippen LogP contribution in [0, 0.1) is 0 Å². The second kappa shape index (κ2) is 5.91. The largest absolute Gasteiger partial charge is 0.356 e. The van der Waals surface area contributed by atoms with E-state index < -0.39 is 0 Å². The minimum absolute atomic E-state index is 0.121. The van der Waals surface area contributed by atoms with Gasteiger partial charge in [0.1, 0.15) is 11.4 Å². The molecule has 1 aliphatic heterocycles. The average Bonchev–Trinajstić information content (AvgIpc) is 2.55. The van der Waals surface area contributed by atoms with Crippen molar-refractivity contribution in [2.75, 3.05) is 18.0 Å². The molecule has 1 aromatic carbocycles. The minimum atomic E-state index is -0.375. The van der Waals surface area contributed by atoms with Gasteiger partial charge in [-0.25, -0.2) is 4.98 Å². The zero-order valence-corrected chi connectivity index (χ0v) is 11.7. The first-order valence-electron chi connectivity index (χ1n) is 7.12. The molecule has 1 aliphatic rings. The Balaban J connectivity index is 1.76. The number of carbonyl (C=O) groups excluding carboxylic acids is 1. The van der Waals surface area contributed by atoms with Gasteiger partial charge in [-0.1, -0.05) is 30.3 Å². The topological polar surface area (TPSA) is 66.1 Å². The smallest absolute Gasteiger partial charge is 0.263 e. The molecule has 0 unspecified atom stereocenters. The molecule has 0 amide bonds.